The lowest BCUT2D eigenvalue weighted by Crippen LogP contribution is -2.36. The topological polar surface area (TPSA) is 54.5 Å². The molecule has 0 unspecified atom stereocenters. The molecule has 0 saturated heterocycles. The van der Waals surface area contributed by atoms with Crippen molar-refractivity contribution in [3.05, 3.63) is 12.7 Å². The smallest absolute Gasteiger partial charge is 0.237 e. The number of unbranched alkanes of at least 4 members (excludes halogenated alkanes) is 1. The largest absolute Gasteiger partial charge is 0.342 e. The maximum Gasteiger partial charge on any atom is 0.237 e. The van der Waals surface area contributed by atoms with E-state index in [9.17, 15) is 13.2 Å². The van der Waals surface area contributed by atoms with Crippen molar-refractivity contribution < 1.29 is 13.2 Å². The Morgan fingerprint density at radius 2 is 2.00 bits per heavy atom. The molecule has 0 N–H and O–H groups in total. The van der Waals surface area contributed by atoms with Gasteiger partial charge in [0.15, 0.2) is 9.84 Å². The second-order valence-corrected chi connectivity index (χ2v) is 5.78. The number of hydrogen-bond acceptors (Lipinski definition) is 3. The second kappa shape index (κ2) is 7.44. The van der Waals surface area contributed by atoms with Crippen LogP contribution in [0.2, 0.25) is 0 Å². The Morgan fingerprint density at radius 1 is 1.38 bits per heavy atom. The van der Waals surface area contributed by atoms with E-state index >= 15 is 0 Å². The first kappa shape index (κ1) is 15.2. The Hall–Kier alpha value is -0.840. The van der Waals surface area contributed by atoms with Crippen molar-refractivity contribution in [1.29, 1.82) is 0 Å². The lowest BCUT2D eigenvalue weighted by atomic mass is 10.3. The van der Waals surface area contributed by atoms with Crippen LogP contribution in [0, 0.1) is 0 Å². The normalized spacial score (nSPS) is 11.1. The highest BCUT2D eigenvalue weighted by molar-refractivity contribution is 7.92. The summed E-state index contributed by atoms with van der Waals surface area (Å²) in [6.07, 6.45) is 3.20. The number of rotatable bonds is 8. The summed E-state index contributed by atoms with van der Waals surface area (Å²) in [7, 11) is -3.32. The van der Waals surface area contributed by atoms with Crippen molar-refractivity contribution in [3.8, 4) is 0 Å². The summed E-state index contributed by atoms with van der Waals surface area (Å²) in [5.74, 6) is -0.849. The van der Waals surface area contributed by atoms with Crippen LogP contribution in [0.15, 0.2) is 12.7 Å². The van der Waals surface area contributed by atoms with Gasteiger partial charge in [-0.25, -0.2) is 8.42 Å². The fourth-order valence-electron chi connectivity index (χ4n) is 1.33. The van der Waals surface area contributed by atoms with E-state index in [1.165, 1.54) is 6.08 Å². The molecule has 16 heavy (non-hydrogen) atoms. The Bertz CT molecular complexity index is 322. The molecule has 0 aliphatic heterocycles. The minimum atomic E-state index is -3.32. The Balaban J connectivity index is 4.36. The third-order valence-corrected chi connectivity index (χ3v) is 3.66. The van der Waals surface area contributed by atoms with Gasteiger partial charge in [0, 0.05) is 13.1 Å². The van der Waals surface area contributed by atoms with E-state index in [0.717, 1.165) is 12.8 Å². The molecule has 0 aromatic heterocycles. The molecule has 0 fully saturated rings. The molecule has 0 bridgehead atoms. The molecule has 0 rings (SSSR count). The first-order valence-electron chi connectivity index (χ1n) is 5.56. The predicted octanol–water partition coefficient (Wildman–Crippen LogP) is 1.24. The van der Waals surface area contributed by atoms with E-state index in [1.807, 2.05) is 13.8 Å². The third kappa shape index (κ3) is 5.90. The average Bonchev–Trinajstić information content (AvgIpc) is 2.17. The molecule has 0 aromatic rings. The summed E-state index contributed by atoms with van der Waals surface area (Å²) in [6.45, 7) is 8.45. The van der Waals surface area contributed by atoms with E-state index in [-0.39, 0.29) is 11.7 Å². The van der Waals surface area contributed by atoms with Gasteiger partial charge < -0.3 is 4.90 Å². The Morgan fingerprint density at radius 3 is 2.44 bits per heavy atom. The fourth-order valence-corrected chi connectivity index (χ4v) is 2.36. The van der Waals surface area contributed by atoms with Crippen LogP contribution < -0.4 is 0 Å². The van der Waals surface area contributed by atoms with E-state index in [1.54, 1.807) is 4.90 Å². The van der Waals surface area contributed by atoms with Crippen molar-refractivity contribution in [2.75, 3.05) is 24.6 Å². The zero-order chi connectivity index (χ0) is 12.6. The number of amides is 1. The van der Waals surface area contributed by atoms with Crippen LogP contribution in [-0.4, -0.2) is 43.8 Å². The van der Waals surface area contributed by atoms with Gasteiger partial charge in [-0.05, 0) is 13.3 Å². The predicted molar refractivity (Wildman–Crippen MR) is 66.0 cm³/mol. The number of sulfone groups is 1. The number of hydrogen-bond donors (Lipinski definition) is 0. The molecule has 94 valence electrons. The summed E-state index contributed by atoms with van der Waals surface area (Å²) in [5.41, 5.74) is 0. The highest BCUT2D eigenvalue weighted by Crippen LogP contribution is 2.00. The van der Waals surface area contributed by atoms with E-state index in [4.69, 9.17) is 0 Å². The molecule has 0 radical (unpaired) electrons. The van der Waals surface area contributed by atoms with Crippen LogP contribution in [-0.2, 0) is 14.6 Å². The Kier molecular flexibility index (Phi) is 7.05. The highest BCUT2D eigenvalue weighted by atomic mass is 32.2. The maximum atomic E-state index is 11.7. The zero-order valence-corrected chi connectivity index (χ0v) is 10.9. The molecule has 0 aliphatic rings. The minimum Gasteiger partial charge on any atom is -0.342 e. The van der Waals surface area contributed by atoms with Crippen molar-refractivity contribution in [2.45, 2.75) is 26.7 Å². The van der Waals surface area contributed by atoms with Crippen LogP contribution in [0.5, 0.6) is 0 Å². The monoisotopic (exact) mass is 247 g/mol. The van der Waals surface area contributed by atoms with Gasteiger partial charge in [0.05, 0.1) is 5.75 Å². The first-order chi connectivity index (χ1) is 7.46. The van der Waals surface area contributed by atoms with Gasteiger partial charge in [-0.2, -0.15) is 0 Å². The molecule has 0 spiro atoms. The summed E-state index contributed by atoms with van der Waals surface area (Å²) in [5, 5.41) is 0. The standard InChI is InChI=1S/C11H21NO3S/c1-4-7-8-12(6-3)11(13)10-16(14,15)9-5-2/h5H,2,4,6-10H2,1,3H3. The number of carbonyl (C=O) groups excluding carboxylic acids is 1. The quantitative estimate of drug-likeness (QED) is 0.606. The third-order valence-electron chi connectivity index (χ3n) is 2.23. The van der Waals surface area contributed by atoms with Gasteiger partial charge in [-0.15, -0.1) is 6.58 Å². The second-order valence-electron chi connectivity index (χ2n) is 3.67. The van der Waals surface area contributed by atoms with E-state index < -0.39 is 15.6 Å². The molecule has 0 aliphatic carbocycles. The highest BCUT2D eigenvalue weighted by Gasteiger charge is 2.19. The van der Waals surface area contributed by atoms with Crippen LogP contribution in [0.4, 0.5) is 0 Å². The average molecular weight is 247 g/mol. The van der Waals surface area contributed by atoms with Crippen LogP contribution in [0.1, 0.15) is 26.7 Å². The molecule has 4 nitrogen and oxygen atoms in total. The van der Waals surface area contributed by atoms with Gasteiger partial charge in [-0.3, -0.25) is 4.79 Å². The molecule has 0 aromatic carbocycles. The van der Waals surface area contributed by atoms with Gasteiger partial charge in [-0.1, -0.05) is 19.4 Å². The molecule has 1 amide bonds. The van der Waals surface area contributed by atoms with Crippen molar-refractivity contribution in [2.24, 2.45) is 0 Å². The fraction of sp³-hybridized carbons (Fsp3) is 0.727. The van der Waals surface area contributed by atoms with Gasteiger partial charge in [0.1, 0.15) is 5.75 Å². The van der Waals surface area contributed by atoms with Gasteiger partial charge in [0.2, 0.25) is 5.91 Å². The van der Waals surface area contributed by atoms with Crippen molar-refractivity contribution >= 4 is 15.7 Å². The van der Waals surface area contributed by atoms with Crippen LogP contribution in [0.3, 0.4) is 0 Å². The first-order valence-corrected chi connectivity index (χ1v) is 7.38. The molecule has 0 atom stereocenters. The summed E-state index contributed by atoms with van der Waals surface area (Å²) in [4.78, 5) is 13.3. The summed E-state index contributed by atoms with van der Waals surface area (Å²) < 4.78 is 22.8. The molecule has 5 heteroatoms. The number of nitrogens with zero attached hydrogens (tertiary/aromatic N) is 1. The van der Waals surface area contributed by atoms with E-state index in [2.05, 4.69) is 6.58 Å². The van der Waals surface area contributed by atoms with Crippen molar-refractivity contribution in [3.63, 3.8) is 0 Å². The summed E-state index contributed by atoms with van der Waals surface area (Å²) >= 11 is 0. The lowest BCUT2D eigenvalue weighted by molar-refractivity contribution is -0.128. The number of carbonyl (C=O) groups is 1. The van der Waals surface area contributed by atoms with E-state index in [0.29, 0.717) is 13.1 Å². The van der Waals surface area contributed by atoms with Crippen LogP contribution >= 0.6 is 0 Å². The molecular weight excluding hydrogens is 226 g/mol. The molecule has 0 saturated carbocycles. The summed E-state index contributed by atoms with van der Waals surface area (Å²) in [6, 6.07) is 0. The van der Waals surface area contributed by atoms with Crippen molar-refractivity contribution in [1.82, 2.24) is 4.90 Å². The van der Waals surface area contributed by atoms with Crippen LogP contribution in [0.25, 0.3) is 0 Å². The van der Waals surface area contributed by atoms with Gasteiger partial charge in [0.25, 0.3) is 0 Å². The lowest BCUT2D eigenvalue weighted by Gasteiger charge is -2.20. The SMILES string of the molecule is C=CCS(=O)(=O)CC(=O)N(CC)CCCC. The Labute approximate surface area is 98.2 Å². The zero-order valence-electron chi connectivity index (χ0n) is 10.1. The van der Waals surface area contributed by atoms with Gasteiger partial charge >= 0.3 is 0 Å². The molecule has 0 heterocycles. The molecular formula is C11H21NO3S. The minimum absolute atomic E-state index is 0.135. The maximum absolute atomic E-state index is 11.7.